The van der Waals surface area contributed by atoms with Gasteiger partial charge in [0, 0.05) is 24.7 Å². The molecule has 3 aromatic rings. The number of hydrogen-bond acceptors (Lipinski definition) is 3. The Hall–Kier alpha value is -3.14. The maximum Gasteiger partial charge on any atom is 0.276 e. The van der Waals surface area contributed by atoms with Gasteiger partial charge in [0.25, 0.3) is 5.91 Å². The third-order valence-corrected chi connectivity index (χ3v) is 4.43. The molecule has 2 aromatic carbocycles. The summed E-state index contributed by atoms with van der Waals surface area (Å²) in [6, 6.07) is 21.7. The smallest absolute Gasteiger partial charge is 0.276 e. The first kappa shape index (κ1) is 15.4. The molecule has 0 fully saturated rings. The van der Waals surface area contributed by atoms with Crippen molar-refractivity contribution in [3.8, 4) is 11.3 Å². The summed E-state index contributed by atoms with van der Waals surface area (Å²) < 4.78 is 5.34. The van der Waals surface area contributed by atoms with Crippen molar-refractivity contribution in [3.63, 3.8) is 0 Å². The molecule has 0 radical (unpaired) electrons. The third-order valence-electron chi connectivity index (χ3n) is 4.43. The van der Waals surface area contributed by atoms with E-state index in [0.29, 0.717) is 24.5 Å². The normalized spacial score (nSPS) is 14.2. The fraction of sp³-hybridized carbons (Fsp3) is 0.143. The van der Waals surface area contributed by atoms with E-state index in [1.165, 1.54) is 11.1 Å². The van der Waals surface area contributed by atoms with Crippen molar-refractivity contribution in [3.05, 3.63) is 84.1 Å². The van der Waals surface area contributed by atoms with E-state index in [-0.39, 0.29) is 5.91 Å². The van der Waals surface area contributed by atoms with Gasteiger partial charge in [0.15, 0.2) is 11.5 Å². The standard InChI is InChI=1S/C21H18N2O2/c24-21(19-15-20(25-22-19)18-9-5-2-6-10-18)23-13-11-17(12-14-23)16-7-3-1-4-8-16/h1-11,15H,12-14H2. The fourth-order valence-electron chi connectivity index (χ4n) is 3.04. The molecule has 0 saturated carbocycles. The Kier molecular flexibility index (Phi) is 4.17. The minimum atomic E-state index is -0.0886. The van der Waals surface area contributed by atoms with E-state index in [0.717, 1.165) is 12.0 Å². The van der Waals surface area contributed by atoms with Crippen molar-refractivity contribution < 1.29 is 9.32 Å². The van der Waals surface area contributed by atoms with Gasteiger partial charge < -0.3 is 9.42 Å². The Bertz CT molecular complexity index is 898. The van der Waals surface area contributed by atoms with Gasteiger partial charge in [0.05, 0.1) is 0 Å². The zero-order valence-corrected chi connectivity index (χ0v) is 13.8. The molecule has 0 aliphatic carbocycles. The molecule has 1 aromatic heterocycles. The van der Waals surface area contributed by atoms with E-state index >= 15 is 0 Å². The summed E-state index contributed by atoms with van der Waals surface area (Å²) in [5.41, 5.74) is 3.78. The maximum atomic E-state index is 12.7. The average Bonchev–Trinajstić information content (AvgIpc) is 3.19. The first-order valence-corrected chi connectivity index (χ1v) is 8.37. The molecule has 25 heavy (non-hydrogen) atoms. The van der Waals surface area contributed by atoms with E-state index in [9.17, 15) is 4.79 Å². The Labute approximate surface area is 146 Å². The zero-order valence-electron chi connectivity index (χ0n) is 13.8. The Morgan fingerprint density at radius 1 is 0.960 bits per heavy atom. The molecule has 4 nitrogen and oxygen atoms in total. The van der Waals surface area contributed by atoms with Gasteiger partial charge in [-0.1, -0.05) is 71.9 Å². The van der Waals surface area contributed by atoms with Crippen LogP contribution in [0, 0.1) is 0 Å². The van der Waals surface area contributed by atoms with Gasteiger partial charge in [0.2, 0.25) is 0 Å². The fourth-order valence-corrected chi connectivity index (χ4v) is 3.04. The summed E-state index contributed by atoms with van der Waals surface area (Å²) in [5, 5.41) is 3.96. The van der Waals surface area contributed by atoms with Crippen LogP contribution in [-0.4, -0.2) is 29.1 Å². The van der Waals surface area contributed by atoms with Crippen LogP contribution in [0.1, 0.15) is 22.5 Å². The van der Waals surface area contributed by atoms with Gasteiger partial charge in [-0.05, 0) is 17.6 Å². The minimum Gasteiger partial charge on any atom is -0.355 e. The molecule has 0 unspecified atom stereocenters. The highest BCUT2D eigenvalue weighted by atomic mass is 16.5. The van der Waals surface area contributed by atoms with E-state index in [1.807, 2.05) is 48.5 Å². The lowest BCUT2D eigenvalue weighted by Crippen LogP contribution is -2.34. The minimum absolute atomic E-state index is 0.0886. The number of rotatable bonds is 3. The summed E-state index contributed by atoms with van der Waals surface area (Å²) in [7, 11) is 0. The highest BCUT2D eigenvalue weighted by molar-refractivity contribution is 5.93. The van der Waals surface area contributed by atoms with Crippen LogP contribution < -0.4 is 0 Å². The average molecular weight is 330 g/mol. The third kappa shape index (κ3) is 3.24. The number of carbonyl (C=O) groups is 1. The molecule has 1 aliphatic heterocycles. The first-order valence-electron chi connectivity index (χ1n) is 8.37. The zero-order chi connectivity index (χ0) is 17.1. The van der Waals surface area contributed by atoms with Crippen LogP contribution in [0.3, 0.4) is 0 Å². The number of nitrogens with zero attached hydrogens (tertiary/aromatic N) is 2. The van der Waals surface area contributed by atoms with E-state index in [1.54, 1.807) is 11.0 Å². The molecule has 4 heteroatoms. The summed E-state index contributed by atoms with van der Waals surface area (Å²) in [5.74, 6) is 0.524. The molecule has 124 valence electrons. The second kappa shape index (κ2) is 6.77. The van der Waals surface area contributed by atoms with Gasteiger partial charge in [0.1, 0.15) is 0 Å². The van der Waals surface area contributed by atoms with Gasteiger partial charge in [-0.25, -0.2) is 0 Å². The highest BCUT2D eigenvalue weighted by Gasteiger charge is 2.22. The molecule has 2 heterocycles. The lowest BCUT2D eigenvalue weighted by atomic mass is 9.99. The molecule has 4 rings (SSSR count). The SMILES string of the molecule is O=C(c1cc(-c2ccccc2)on1)N1CC=C(c2ccccc2)CC1. The Morgan fingerprint density at radius 3 is 2.28 bits per heavy atom. The summed E-state index contributed by atoms with van der Waals surface area (Å²) >= 11 is 0. The van der Waals surface area contributed by atoms with Crippen molar-refractivity contribution in [2.45, 2.75) is 6.42 Å². The van der Waals surface area contributed by atoms with Crippen LogP contribution in [0.15, 0.2) is 77.3 Å². The summed E-state index contributed by atoms with van der Waals surface area (Å²) in [6.07, 6.45) is 2.97. The molecule has 0 saturated heterocycles. The molecule has 0 spiro atoms. The number of carbonyl (C=O) groups excluding carboxylic acids is 1. The molecule has 0 atom stereocenters. The predicted molar refractivity (Wildman–Crippen MR) is 96.9 cm³/mol. The number of benzene rings is 2. The lowest BCUT2D eigenvalue weighted by Gasteiger charge is -2.25. The molecule has 1 amide bonds. The number of aromatic nitrogens is 1. The number of amides is 1. The topological polar surface area (TPSA) is 46.3 Å². The van der Waals surface area contributed by atoms with Crippen LogP contribution in [0.5, 0.6) is 0 Å². The first-order chi connectivity index (χ1) is 12.3. The van der Waals surface area contributed by atoms with Gasteiger partial charge in [-0.15, -0.1) is 0 Å². The van der Waals surface area contributed by atoms with Crippen LogP contribution in [0.25, 0.3) is 16.9 Å². The van der Waals surface area contributed by atoms with Crippen molar-refractivity contribution >= 4 is 11.5 Å². The second-order valence-electron chi connectivity index (χ2n) is 6.04. The predicted octanol–water partition coefficient (Wildman–Crippen LogP) is 4.27. The monoisotopic (exact) mass is 330 g/mol. The van der Waals surface area contributed by atoms with Gasteiger partial charge in [-0.2, -0.15) is 0 Å². The molecular formula is C21H18N2O2. The highest BCUT2D eigenvalue weighted by Crippen LogP contribution is 2.24. The van der Waals surface area contributed by atoms with E-state index < -0.39 is 0 Å². The van der Waals surface area contributed by atoms with Crippen LogP contribution >= 0.6 is 0 Å². The Balaban J connectivity index is 1.48. The summed E-state index contributed by atoms with van der Waals surface area (Å²) in [4.78, 5) is 14.5. The number of hydrogen-bond donors (Lipinski definition) is 0. The van der Waals surface area contributed by atoms with Crippen LogP contribution in [-0.2, 0) is 0 Å². The molecule has 1 aliphatic rings. The van der Waals surface area contributed by atoms with Crippen molar-refractivity contribution in [2.75, 3.05) is 13.1 Å². The second-order valence-corrected chi connectivity index (χ2v) is 6.04. The van der Waals surface area contributed by atoms with Gasteiger partial charge >= 0.3 is 0 Å². The van der Waals surface area contributed by atoms with Crippen molar-refractivity contribution in [2.24, 2.45) is 0 Å². The maximum absolute atomic E-state index is 12.7. The van der Waals surface area contributed by atoms with Crippen LogP contribution in [0.2, 0.25) is 0 Å². The van der Waals surface area contributed by atoms with Crippen molar-refractivity contribution in [1.29, 1.82) is 0 Å². The molecule has 0 N–H and O–H groups in total. The van der Waals surface area contributed by atoms with E-state index in [4.69, 9.17) is 4.52 Å². The van der Waals surface area contributed by atoms with E-state index in [2.05, 4.69) is 23.4 Å². The van der Waals surface area contributed by atoms with Gasteiger partial charge in [-0.3, -0.25) is 4.79 Å². The molecular weight excluding hydrogens is 312 g/mol. The molecule has 0 bridgehead atoms. The quantitative estimate of drug-likeness (QED) is 0.720. The van der Waals surface area contributed by atoms with Crippen LogP contribution in [0.4, 0.5) is 0 Å². The lowest BCUT2D eigenvalue weighted by molar-refractivity contribution is 0.0762. The Morgan fingerprint density at radius 2 is 1.64 bits per heavy atom. The largest absolute Gasteiger partial charge is 0.355 e. The summed E-state index contributed by atoms with van der Waals surface area (Å²) in [6.45, 7) is 1.28. The van der Waals surface area contributed by atoms with Crippen molar-refractivity contribution in [1.82, 2.24) is 10.1 Å².